The van der Waals surface area contributed by atoms with Gasteiger partial charge in [0.15, 0.2) is 5.96 Å². The highest BCUT2D eigenvalue weighted by Gasteiger charge is 2.10. The third-order valence-corrected chi connectivity index (χ3v) is 4.36. The fourth-order valence-electron chi connectivity index (χ4n) is 2.47. The van der Waals surface area contributed by atoms with Crippen molar-refractivity contribution in [3.05, 3.63) is 52.2 Å². The van der Waals surface area contributed by atoms with E-state index in [1.807, 2.05) is 38.2 Å². The first kappa shape index (κ1) is 15.6. The van der Waals surface area contributed by atoms with E-state index < -0.39 is 0 Å². The number of rotatable bonds is 4. The van der Waals surface area contributed by atoms with Crippen molar-refractivity contribution >= 4 is 28.3 Å². The van der Waals surface area contributed by atoms with Crippen LogP contribution in [0.2, 0.25) is 0 Å². The van der Waals surface area contributed by atoms with Gasteiger partial charge in [0.05, 0.1) is 23.8 Å². The van der Waals surface area contributed by atoms with Crippen LogP contribution >= 0.6 is 11.3 Å². The lowest BCUT2D eigenvalue weighted by Crippen LogP contribution is -2.38. The van der Waals surface area contributed by atoms with Gasteiger partial charge in [-0.15, -0.1) is 11.3 Å². The molecule has 23 heavy (non-hydrogen) atoms. The number of aromatic nitrogens is 1. The summed E-state index contributed by atoms with van der Waals surface area (Å²) < 4.78 is 5.82. The summed E-state index contributed by atoms with van der Waals surface area (Å²) in [5.41, 5.74) is 1.97. The summed E-state index contributed by atoms with van der Waals surface area (Å²) in [5.74, 6) is 1.71. The molecule has 120 valence electrons. The number of hydrogen-bond acceptors (Lipinski definition) is 4. The number of guanidine groups is 1. The molecule has 0 fully saturated rings. The molecule has 1 aromatic carbocycles. The molecule has 2 aromatic heterocycles. The Morgan fingerprint density at radius 1 is 1.39 bits per heavy atom. The lowest BCUT2D eigenvalue weighted by atomic mass is 10.2. The molecule has 5 nitrogen and oxygen atoms in total. The second kappa shape index (κ2) is 6.83. The fraction of sp³-hybridized carbons (Fsp3) is 0.294. The van der Waals surface area contributed by atoms with Crippen molar-refractivity contribution in [1.29, 1.82) is 0 Å². The van der Waals surface area contributed by atoms with Crippen molar-refractivity contribution in [3.8, 4) is 0 Å². The number of para-hydroxylation sites is 1. The summed E-state index contributed by atoms with van der Waals surface area (Å²) in [5, 5.41) is 7.61. The van der Waals surface area contributed by atoms with Gasteiger partial charge in [0, 0.05) is 24.9 Å². The van der Waals surface area contributed by atoms with Crippen molar-refractivity contribution < 1.29 is 4.42 Å². The number of furan rings is 1. The number of hydrogen-bond donors (Lipinski definition) is 1. The van der Waals surface area contributed by atoms with Gasteiger partial charge in [-0.2, -0.15) is 0 Å². The van der Waals surface area contributed by atoms with Crippen LogP contribution < -0.4 is 5.32 Å². The van der Waals surface area contributed by atoms with E-state index in [2.05, 4.69) is 31.6 Å². The van der Waals surface area contributed by atoms with Gasteiger partial charge in [-0.25, -0.2) is 4.98 Å². The zero-order valence-corrected chi connectivity index (χ0v) is 14.4. The van der Waals surface area contributed by atoms with Crippen LogP contribution in [0.4, 0.5) is 0 Å². The van der Waals surface area contributed by atoms with Gasteiger partial charge in [-0.05, 0) is 19.1 Å². The van der Waals surface area contributed by atoms with Gasteiger partial charge < -0.3 is 14.6 Å². The van der Waals surface area contributed by atoms with Crippen LogP contribution in [0.1, 0.15) is 16.5 Å². The van der Waals surface area contributed by atoms with Gasteiger partial charge >= 0.3 is 0 Å². The van der Waals surface area contributed by atoms with Crippen molar-refractivity contribution in [2.24, 2.45) is 4.99 Å². The quantitative estimate of drug-likeness (QED) is 0.589. The van der Waals surface area contributed by atoms with Crippen molar-refractivity contribution in [2.75, 3.05) is 14.1 Å². The van der Waals surface area contributed by atoms with E-state index in [0.29, 0.717) is 6.54 Å². The molecule has 0 aliphatic heterocycles. The second-order valence-corrected chi connectivity index (χ2v) is 6.43. The third kappa shape index (κ3) is 3.71. The molecule has 0 amide bonds. The van der Waals surface area contributed by atoms with E-state index >= 15 is 0 Å². The Balaban J connectivity index is 1.62. The van der Waals surface area contributed by atoms with E-state index in [0.717, 1.165) is 39.9 Å². The summed E-state index contributed by atoms with van der Waals surface area (Å²) in [7, 11) is 3.78. The largest absolute Gasteiger partial charge is 0.459 e. The monoisotopic (exact) mass is 328 g/mol. The Labute approximate surface area is 139 Å². The zero-order valence-electron chi connectivity index (χ0n) is 13.5. The number of fused-ring (bicyclic) bond motifs is 1. The highest BCUT2D eigenvalue weighted by molar-refractivity contribution is 7.09. The highest BCUT2D eigenvalue weighted by Crippen LogP contribution is 2.18. The van der Waals surface area contributed by atoms with Gasteiger partial charge in [0.1, 0.15) is 11.3 Å². The maximum Gasteiger partial charge on any atom is 0.194 e. The molecule has 3 aromatic rings. The maximum atomic E-state index is 5.82. The molecular weight excluding hydrogens is 308 g/mol. The molecule has 0 radical (unpaired) electrons. The van der Waals surface area contributed by atoms with Gasteiger partial charge in [0.25, 0.3) is 0 Å². The lowest BCUT2D eigenvalue weighted by molar-refractivity contribution is 0.461. The molecule has 0 saturated carbocycles. The molecule has 1 N–H and O–H groups in total. The molecule has 0 aliphatic rings. The first-order valence-electron chi connectivity index (χ1n) is 7.46. The minimum Gasteiger partial charge on any atom is -0.459 e. The minimum absolute atomic E-state index is 0.599. The number of aryl methyl sites for hydroxylation is 1. The average Bonchev–Trinajstić information content (AvgIpc) is 3.13. The van der Waals surface area contributed by atoms with Crippen LogP contribution in [0.25, 0.3) is 11.0 Å². The lowest BCUT2D eigenvalue weighted by Gasteiger charge is -2.20. The molecule has 0 spiro atoms. The Morgan fingerprint density at radius 2 is 2.22 bits per heavy atom. The zero-order chi connectivity index (χ0) is 16.2. The van der Waals surface area contributed by atoms with Crippen molar-refractivity contribution in [1.82, 2.24) is 15.2 Å². The van der Waals surface area contributed by atoms with Gasteiger partial charge in [-0.3, -0.25) is 4.99 Å². The minimum atomic E-state index is 0.599. The first-order chi connectivity index (χ1) is 11.2. The van der Waals surface area contributed by atoms with E-state index in [-0.39, 0.29) is 0 Å². The first-order valence-corrected chi connectivity index (χ1v) is 8.34. The van der Waals surface area contributed by atoms with E-state index in [4.69, 9.17) is 4.42 Å². The number of thiazole rings is 1. The van der Waals surface area contributed by atoms with Crippen LogP contribution in [-0.4, -0.2) is 29.9 Å². The molecule has 2 heterocycles. The predicted molar refractivity (Wildman–Crippen MR) is 94.7 cm³/mol. The molecule has 6 heteroatoms. The third-order valence-electron chi connectivity index (χ3n) is 3.54. The summed E-state index contributed by atoms with van der Waals surface area (Å²) in [6.07, 6.45) is 0. The molecule has 0 aliphatic carbocycles. The topological polar surface area (TPSA) is 53.7 Å². The van der Waals surface area contributed by atoms with Crippen LogP contribution in [0.3, 0.4) is 0 Å². The molecule has 0 saturated heterocycles. The Morgan fingerprint density at radius 3 is 2.91 bits per heavy atom. The van der Waals surface area contributed by atoms with Crippen LogP contribution in [0, 0.1) is 6.92 Å². The normalized spacial score (nSPS) is 11.9. The number of benzene rings is 1. The Hall–Kier alpha value is -2.34. The summed E-state index contributed by atoms with van der Waals surface area (Å²) in [6, 6.07) is 10.1. The highest BCUT2D eigenvalue weighted by atomic mass is 32.1. The molecule has 0 atom stereocenters. The van der Waals surface area contributed by atoms with Crippen LogP contribution in [0.15, 0.2) is 45.1 Å². The van der Waals surface area contributed by atoms with Crippen LogP contribution in [0.5, 0.6) is 0 Å². The van der Waals surface area contributed by atoms with Crippen molar-refractivity contribution in [3.63, 3.8) is 0 Å². The number of aliphatic imine (C=N–C) groups is 1. The summed E-state index contributed by atoms with van der Waals surface area (Å²) in [4.78, 5) is 10.9. The average molecular weight is 328 g/mol. The summed E-state index contributed by atoms with van der Waals surface area (Å²) in [6.45, 7) is 3.34. The molecule has 0 bridgehead atoms. The van der Waals surface area contributed by atoms with Crippen LogP contribution in [-0.2, 0) is 13.1 Å². The van der Waals surface area contributed by atoms with Gasteiger partial charge in [-0.1, -0.05) is 18.2 Å². The number of nitrogens with zero attached hydrogens (tertiary/aromatic N) is 3. The Bertz CT molecular complexity index is 788. The standard InChI is InChI=1S/C17H20N4OS/c1-12-20-14(11-23-12)10-21(3)17(18-2)19-9-15-8-13-6-4-5-7-16(13)22-15/h4-8,11H,9-10H2,1-3H3,(H,18,19). The maximum absolute atomic E-state index is 5.82. The molecule has 3 rings (SSSR count). The predicted octanol–water partition coefficient (Wildman–Crippen LogP) is 3.41. The summed E-state index contributed by atoms with van der Waals surface area (Å²) >= 11 is 1.67. The van der Waals surface area contributed by atoms with E-state index in [1.165, 1.54) is 0 Å². The van der Waals surface area contributed by atoms with Crippen molar-refractivity contribution in [2.45, 2.75) is 20.0 Å². The molecular formula is C17H20N4OS. The number of nitrogens with one attached hydrogen (secondary N) is 1. The fourth-order valence-corrected chi connectivity index (χ4v) is 3.08. The Kier molecular flexibility index (Phi) is 4.62. The second-order valence-electron chi connectivity index (χ2n) is 5.37. The SMILES string of the molecule is CN=C(NCc1cc2ccccc2o1)N(C)Cc1csc(C)n1. The van der Waals surface area contributed by atoms with Gasteiger partial charge in [0.2, 0.25) is 0 Å². The smallest absolute Gasteiger partial charge is 0.194 e. The van der Waals surface area contributed by atoms with E-state index in [1.54, 1.807) is 18.4 Å². The molecule has 0 unspecified atom stereocenters. The van der Waals surface area contributed by atoms with E-state index in [9.17, 15) is 0 Å².